The second-order valence-corrected chi connectivity index (χ2v) is 13.6. The van der Waals surface area contributed by atoms with Crippen molar-refractivity contribution in [2.75, 3.05) is 34.0 Å². The molecule has 0 radical (unpaired) electrons. The molecule has 0 saturated carbocycles. The van der Waals surface area contributed by atoms with Gasteiger partial charge in [0.15, 0.2) is 34.4 Å². The monoisotopic (exact) mass is 828 g/mol. The molecule has 3 aromatic carbocycles. The summed E-state index contributed by atoms with van der Waals surface area (Å²) in [7, 11) is 2.82. The highest BCUT2D eigenvalue weighted by atomic mass is 79.9. The predicted molar refractivity (Wildman–Crippen MR) is 195 cm³/mol. The minimum Gasteiger partial charge on any atom is -0.493 e. The van der Waals surface area contributed by atoms with E-state index in [0.29, 0.717) is 55.8 Å². The number of hydrogen-bond donors (Lipinski definition) is 0. The number of fused-ring (bicyclic) bond motifs is 1. The van der Waals surface area contributed by atoms with Crippen molar-refractivity contribution in [1.29, 1.82) is 0 Å². The van der Waals surface area contributed by atoms with Crippen LogP contribution in [0.15, 0.2) is 84.6 Å². The van der Waals surface area contributed by atoms with Crippen LogP contribution in [-0.4, -0.2) is 50.5 Å². The Balaban J connectivity index is 1.65. The van der Waals surface area contributed by atoms with Crippen LogP contribution in [0.2, 0.25) is 0 Å². The number of carbonyl (C=O) groups is 2. The maximum atomic E-state index is 14.4. The standard InChI is InChI=1S/C36H34Br2N2O9S/c1-6-46-27-15-22(10-13-26(27)48-19-30(41)45-5)32-31(35(43)47-7-2)20(3)39-36-40(32)34(42)29(50-36)16-23-14-25(38)17-28(44-4)33(23)49-18-21-8-11-24(37)12-9-21/h8-17,32H,6-7,18-19H2,1-5H3/b29-16+/t32-/m0/s1. The van der Waals surface area contributed by atoms with Gasteiger partial charge in [-0.25, -0.2) is 14.6 Å². The van der Waals surface area contributed by atoms with Crippen LogP contribution in [-0.2, 0) is 25.7 Å². The molecule has 0 aliphatic carbocycles. The first-order chi connectivity index (χ1) is 24.1. The average molecular weight is 831 g/mol. The molecule has 0 fully saturated rings. The van der Waals surface area contributed by atoms with Crippen molar-refractivity contribution in [3.8, 4) is 23.0 Å². The minimum atomic E-state index is -0.911. The normalized spacial score (nSPS) is 14.1. The number of thiazole rings is 1. The minimum absolute atomic E-state index is 0.130. The fourth-order valence-corrected chi connectivity index (χ4v) is 7.02. The SMILES string of the molecule is CCOC(=O)C1=C(C)N=c2s/c(=C/c3cc(Br)cc(OC)c3OCc3ccc(Br)cc3)c(=O)n2[C@H]1c1ccc(OCC(=O)OC)c(OCC)c1. The molecule has 1 atom stereocenters. The van der Waals surface area contributed by atoms with Crippen LogP contribution >= 0.6 is 43.2 Å². The van der Waals surface area contributed by atoms with E-state index in [1.165, 1.54) is 23.0 Å². The highest BCUT2D eigenvalue weighted by Gasteiger charge is 2.34. The summed E-state index contributed by atoms with van der Waals surface area (Å²) >= 11 is 8.19. The van der Waals surface area contributed by atoms with Crippen LogP contribution in [0.3, 0.4) is 0 Å². The maximum absolute atomic E-state index is 14.4. The van der Waals surface area contributed by atoms with Gasteiger partial charge >= 0.3 is 11.9 Å². The van der Waals surface area contributed by atoms with E-state index in [0.717, 1.165) is 14.5 Å². The summed E-state index contributed by atoms with van der Waals surface area (Å²) in [5, 5.41) is 0. The van der Waals surface area contributed by atoms with Crippen molar-refractivity contribution >= 4 is 61.2 Å². The highest BCUT2D eigenvalue weighted by molar-refractivity contribution is 9.10. The van der Waals surface area contributed by atoms with Crippen molar-refractivity contribution < 1.29 is 38.0 Å². The van der Waals surface area contributed by atoms with Gasteiger partial charge in [-0.05, 0) is 74.4 Å². The van der Waals surface area contributed by atoms with E-state index in [-0.39, 0.29) is 31.0 Å². The van der Waals surface area contributed by atoms with Gasteiger partial charge in [0.05, 0.1) is 49.3 Å². The fourth-order valence-electron chi connectivity index (χ4n) is 5.26. The predicted octanol–water partition coefficient (Wildman–Crippen LogP) is 5.86. The average Bonchev–Trinajstić information content (AvgIpc) is 3.40. The number of rotatable bonds is 13. The Morgan fingerprint density at radius 1 is 0.920 bits per heavy atom. The summed E-state index contributed by atoms with van der Waals surface area (Å²) < 4.78 is 37.1. The largest absolute Gasteiger partial charge is 0.493 e. The van der Waals surface area contributed by atoms with Gasteiger partial charge in [-0.15, -0.1) is 0 Å². The van der Waals surface area contributed by atoms with Crippen LogP contribution in [0.1, 0.15) is 43.5 Å². The number of halogens is 2. The number of ether oxygens (including phenoxy) is 6. The van der Waals surface area contributed by atoms with Gasteiger partial charge in [0.2, 0.25) is 0 Å². The summed E-state index contributed by atoms with van der Waals surface area (Å²) in [4.78, 5) is 44.7. The van der Waals surface area contributed by atoms with E-state index in [2.05, 4.69) is 36.9 Å². The van der Waals surface area contributed by atoms with Crippen LogP contribution in [0.25, 0.3) is 6.08 Å². The molecule has 11 nitrogen and oxygen atoms in total. The van der Waals surface area contributed by atoms with Gasteiger partial charge in [0.1, 0.15) is 6.61 Å². The molecule has 1 aromatic heterocycles. The molecule has 0 spiro atoms. The molecule has 4 aromatic rings. The van der Waals surface area contributed by atoms with Gasteiger partial charge in [-0.3, -0.25) is 9.36 Å². The Labute approximate surface area is 309 Å². The number of benzene rings is 3. The number of allylic oxidation sites excluding steroid dienone is 1. The second kappa shape index (κ2) is 16.5. The highest BCUT2D eigenvalue weighted by Crippen LogP contribution is 2.38. The molecule has 0 amide bonds. The van der Waals surface area contributed by atoms with Crippen molar-refractivity contribution in [3.05, 3.63) is 111 Å². The summed E-state index contributed by atoms with van der Waals surface area (Å²) in [6.07, 6.45) is 1.73. The third-order valence-corrected chi connectivity index (χ3v) is 9.49. The van der Waals surface area contributed by atoms with Crippen LogP contribution in [0.4, 0.5) is 0 Å². The molecule has 14 heteroatoms. The molecule has 0 bridgehead atoms. The third kappa shape index (κ3) is 8.14. The zero-order valence-electron chi connectivity index (χ0n) is 27.9. The summed E-state index contributed by atoms with van der Waals surface area (Å²) in [5.41, 5.74) is 2.33. The second-order valence-electron chi connectivity index (χ2n) is 10.7. The lowest BCUT2D eigenvalue weighted by molar-refractivity contribution is -0.143. The summed E-state index contributed by atoms with van der Waals surface area (Å²) in [6, 6.07) is 15.5. The molecule has 0 unspecified atom stereocenters. The number of aromatic nitrogens is 1. The maximum Gasteiger partial charge on any atom is 0.343 e. The summed E-state index contributed by atoms with van der Waals surface area (Å²) in [5.74, 6) is 0.392. The van der Waals surface area contributed by atoms with E-state index in [1.807, 2.05) is 37.3 Å². The van der Waals surface area contributed by atoms with E-state index in [1.54, 1.807) is 51.3 Å². The molecule has 1 aliphatic rings. The Kier molecular flexibility index (Phi) is 12.2. The van der Waals surface area contributed by atoms with Crippen LogP contribution < -0.4 is 33.8 Å². The molecule has 2 heterocycles. The van der Waals surface area contributed by atoms with E-state index < -0.39 is 18.0 Å². The van der Waals surface area contributed by atoms with Gasteiger partial charge in [0, 0.05) is 14.5 Å². The van der Waals surface area contributed by atoms with Gasteiger partial charge in [-0.1, -0.05) is 61.4 Å². The quantitative estimate of drug-likeness (QED) is 0.153. The third-order valence-electron chi connectivity index (χ3n) is 7.52. The van der Waals surface area contributed by atoms with Crippen molar-refractivity contribution in [2.45, 2.75) is 33.4 Å². The molecule has 5 rings (SSSR count). The molecule has 262 valence electrons. The molecule has 50 heavy (non-hydrogen) atoms. The molecule has 0 saturated heterocycles. The number of methoxy groups -OCH3 is 2. The van der Waals surface area contributed by atoms with E-state index in [9.17, 15) is 14.4 Å². The molecule has 1 aliphatic heterocycles. The number of nitrogens with zero attached hydrogens (tertiary/aromatic N) is 2. The van der Waals surface area contributed by atoms with E-state index >= 15 is 0 Å². The first-order valence-electron chi connectivity index (χ1n) is 15.5. The zero-order valence-corrected chi connectivity index (χ0v) is 31.9. The molecule has 0 N–H and O–H groups in total. The van der Waals surface area contributed by atoms with Crippen molar-refractivity contribution in [3.63, 3.8) is 0 Å². The topological polar surface area (TPSA) is 124 Å². The van der Waals surface area contributed by atoms with Gasteiger partial charge in [0.25, 0.3) is 5.56 Å². The number of carbonyl (C=O) groups excluding carboxylic acids is 2. The lowest BCUT2D eigenvalue weighted by Crippen LogP contribution is -2.40. The lowest BCUT2D eigenvalue weighted by Gasteiger charge is -2.25. The number of esters is 2. The Hall–Kier alpha value is -4.40. The lowest BCUT2D eigenvalue weighted by atomic mass is 9.95. The summed E-state index contributed by atoms with van der Waals surface area (Å²) in [6.45, 7) is 5.59. The Bertz CT molecular complexity index is 2120. The van der Waals surface area contributed by atoms with Gasteiger partial charge in [-0.2, -0.15) is 0 Å². The zero-order chi connectivity index (χ0) is 35.9. The van der Waals surface area contributed by atoms with Crippen LogP contribution in [0, 0.1) is 0 Å². The first-order valence-corrected chi connectivity index (χ1v) is 17.9. The number of hydrogen-bond acceptors (Lipinski definition) is 11. The van der Waals surface area contributed by atoms with Crippen LogP contribution in [0.5, 0.6) is 23.0 Å². The smallest absolute Gasteiger partial charge is 0.343 e. The van der Waals surface area contributed by atoms with Gasteiger partial charge < -0.3 is 28.4 Å². The Morgan fingerprint density at radius 3 is 2.36 bits per heavy atom. The van der Waals surface area contributed by atoms with E-state index in [4.69, 9.17) is 28.4 Å². The van der Waals surface area contributed by atoms with Crippen molar-refractivity contribution in [2.24, 2.45) is 4.99 Å². The van der Waals surface area contributed by atoms with Crippen molar-refractivity contribution in [1.82, 2.24) is 4.57 Å². The molecular formula is C36H34Br2N2O9S. The Morgan fingerprint density at radius 2 is 1.68 bits per heavy atom. The first kappa shape index (κ1) is 36.9. The fraction of sp³-hybridized carbons (Fsp3) is 0.278. The molecular weight excluding hydrogens is 796 g/mol.